The molecule has 6 nitrogen and oxygen atoms in total. The highest BCUT2D eigenvalue weighted by Gasteiger charge is 2.33. The summed E-state index contributed by atoms with van der Waals surface area (Å²) in [7, 11) is 0. The minimum Gasteiger partial charge on any atom is -0.489 e. The Hall–Kier alpha value is -2.08. The fraction of sp³-hybridized carbons (Fsp3) is 0.529. The molecule has 2 fully saturated rings. The third kappa shape index (κ3) is 3.82. The molecule has 0 bridgehead atoms. The standard InChI is InChI=1S/C17H24N4O2/c18-16(19)12-5-4-6-13(9-12)23-14-10-15(20-11-14)17(22)21-7-2-1-3-8-21/h4-6,9,14-15,20H,1-3,7-8,10-11H2,(H3,18,19)/t14-,15+/m1/s1. The van der Waals surface area contributed by atoms with Crippen LogP contribution in [0.3, 0.4) is 0 Å². The summed E-state index contributed by atoms with van der Waals surface area (Å²) in [6, 6.07) is 7.08. The van der Waals surface area contributed by atoms with Crippen LogP contribution >= 0.6 is 0 Å². The second kappa shape index (κ2) is 7.00. The van der Waals surface area contributed by atoms with Crippen molar-refractivity contribution in [2.75, 3.05) is 19.6 Å². The highest BCUT2D eigenvalue weighted by atomic mass is 16.5. The van der Waals surface area contributed by atoms with Gasteiger partial charge in [-0.3, -0.25) is 10.2 Å². The van der Waals surface area contributed by atoms with E-state index >= 15 is 0 Å². The molecule has 0 aromatic heterocycles. The van der Waals surface area contributed by atoms with Crippen LogP contribution in [0.5, 0.6) is 5.75 Å². The molecule has 2 atom stereocenters. The number of piperidine rings is 1. The van der Waals surface area contributed by atoms with Gasteiger partial charge in [-0.25, -0.2) is 0 Å². The lowest BCUT2D eigenvalue weighted by Gasteiger charge is -2.29. The van der Waals surface area contributed by atoms with E-state index in [1.165, 1.54) is 6.42 Å². The van der Waals surface area contributed by atoms with E-state index in [9.17, 15) is 4.79 Å². The molecule has 0 unspecified atom stereocenters. The van der Waals surface area contributed by atoms with Gasteiger partial charge in [-0.15, -0.1) is 0 Å². The SMILES string of the molecule is N=C(N)c1cccc(O[C@H]2CN[C@H](C(=O)N3CCCCC3)C2)c1. The maximum atomic E-state index is 12.5. The molecule has 6 heteroatoms. The van der Waals surface area contributed by atoms with Crippen molar-refractivity contribution in [2.24, 2.45) is 5.73 Å². The molecule has 0 saturated carbocycles. The first-order valence-electron chi connectivity index (χ1n) is 8.27. The molecule has 0 spiro atoms. The lowest BCUT2D eigenvalue weighted by molar-refractivity contribution is -0.134. The summed E-state index contributed by atoms with van der Waals surface area (Å²) in [5.41, 5.74) is 6.15. The predicted octanol–water partition coefficient (Wildman–Crippen LogP) is 1.09. The van der Waals surface area contributed by atoms with Crippen LogP contribution in [-0.2, 0) is 4.79 Å². The van der Waals surface area contributed by atoms with E-state index in [1.54, 1.807) is 12.1 Å². The van der Waals surface area contributed by atoms with Crippen molar-refractivity contribution < 1.29 is 9.53 Å². The van der Waals surface area contributed by atoms with E-state index in [1.807, 2.05) is 17.0 Å². The van der Waals surface area contributed by atoms with E-state index in [0.717, 1.165) is 25.9 Å². The van der Waals surface area contributed by atoms with E-state index in [4.69, 9.17) is 15.9 Å². The Morgan fingerprint density at radius 2 is 2.09 bits per heavy atom. The quantitative estimate of drug-likeness (QED) is 0.573. The van der Waals surface area contributed by atoms with Gasteiger partial charge in [0.15, 0.2) is 0 Å². The topological polar surface area (TPSA) is 91.4 Å². The summed E-state index contributed by atoms with van der Waals surface area (Å²) in [6.45, 7) is 2.42. The average Bonchev–Trinajstić information content (AvgIpc) is 3.03. The van der Waals surface area contributed by atoms with Crippen molar-refractivity contribution in [3.05, 3.63) is 29.8 Å². The molecule has 0 aliphatic carbocycles. The summed E-state index contributed by atoms with van der Waals surface area (Å²) >= 11 is 0. The average molecular weight is 316 g/mol. The molecule has 23 heavy (non-hydrogen) atoms. The Bertz CT molecular complexity index is 584. The van der Waals surface area contributed by atoms with Gasteiger partial charge in [0.2, 0.25) is 5.91 Å². The number of ether oxygens (including phenoxy) is 1. The van der Waals surface area contributed by atoms with Crippen molar-refractivity contribution in [3.8, 4) is 5.75 Å². The molecule has 1 amide bonds. The molecular formula is C17H24N4O2. The Balaban J connectivity index is 1.56. The van der Waals surface area contributed by atoms with Gasteiger partial charge >= 0.3 is 0 Å². The van der Waals surface area contributed by atoms with Gasteiger partial charge in [-0.05, 0) is 31.4 Å². The van der Waals surface area contributed by atoms with Crippen LogP contribution in [-0.4, -0.2) is 48.4 Å². The third-order valence-electron chi connectivity index (χ3n) is 4.50. The van der Waals surface area contributed by atoms with Crippen molar-refractivity contribution in [3.63, 3.8) is 0 Å². The van der Waals surface area contributed by atoms with Crippen LogP contribution in [0.4, 0.5) is 0 Å². The Kier molecular flexibility index (Phi) is 4.81. The molecule has 1 aromatic carbocycles. The van der Waals surface area contributed by atoms with Gasteiger partial charge in [-0.2, -0.15) is 0 Å². The number of nitrogens with zero attached hydrogens (tertiary/aromatic N) is 1. The Labute approximate surface area is 136 Å². The van der Waals surface area contributed by atoms with Gasteiger partial charge in [0.1, 0.15) is 17.7 Å². The smallest absolute Gasteiger partial charge is 0.239 e. The zero-order valence-corrected chi connectivity index (χ0v) is 13.3. The normalized spacial score (nSPS) is 24.4. The summed E-state index contributed by atoms with van der Waals surface area (Å²) in [5, 5.41) is 10.8. The zero-order chi connectivity index (χ0) is 16.2. The van der Waals surface area contributed by atoms with Crippen molar-refractivity contribution >= 4 is 11.7 Å². The highest BCUT2D eigenvalue weighted by Crippen LogP contribution is 2.20. The fourth-order valence-electron chi connectivity index (χ4n) is 3.25. The van der Waals surface area contributed by atoms with Gasteiger partial charge in [-0.1, -0.05) is 12.1 Å². The van der Waals surface area contributed by atoms with Crippen molar-refractivity contribution in [2.45, 2.75) is 37.8 Å². The molecule has 3 rings (SSSR count). The predicted molar refractivity (Wildman–Crippen MR) is 88.7 cm³/mol. The second-order valence-corrected chi connectivity index (χ2v) is 6.26. The maximum absolute atomic E-state index is 12.5. The van der Waals surface area contributed by atoms with E-state index in [0.29, 0.717) is 24.3 Å². The first-order chi connectivity index (χ1) is 11.1. The number of carbonyl (C=O) groups is 1. The number of hydrogen-bond donors (Lipinski definition) is 3. The van der Waals surface area contributed by atoms with E-state index in [2.05, 4.69) is 5.32 Å². The number of benzene rings is 1. The van der Waals surface area contributed by atoms with Gasteiger partial charge in [0.05, 0.1) is 6.04 Å². The zero-order valence-electron chi connectivity index (χ0n) is 13.3. The summed E-state index contributed by atoms with van der Waals surface area (Å²) in [6.07, 6.45) is 4.09. The van der Waals surface area contributed by atoms with Crippen LogP contribution in [0.15, 0.2) is 24.3 Å². The van der Waals surface area contributed by atoms with E-state index < -0.39 is 0 Å². The number of carbonyl (C=O) groups excluding carboxylic acids is 1. The largest absolute Gasteiger partial charge is 0.489 e. The minimum atomic E-state index is -0.144. The fourth-order valence-corrected chi connectivity index (χ4v) is 3.25. The Morgan fingerprint density at radius 1 is 1.30 bits per heavy atom. The maximum Gasteiger partial charge on any atom is 0.239 e. The van der Waals surface area contributed by atoms with Crippen LogP contribution in [0.2, 0.25) is 0 Å². The molecule has 124 valence electrons. The first-order valence-corrected chi connectivity index (χ1v) is 8.27. The number of amides is 1. The lowest BCUT2D eigenvalue weighted by Crippen LogP contribution is -2.45. The number of nitrogens with one attached hydrogen (secondary N) is 2. The van der Waals surface area contributed by atoms with Crippen molar-refractivity contribution in [1.29, 1.82) is 5.41 Å². The number of amidine groups is 1. The first kappa shape index (κ1) is 15.8. The number of nitrogens with two attached hydrogens (primary N) is 1. The number of nitrogen functional groups attached to an aromatic ring is 1. The highest BCUT2D eigenvalue weighted by molar-refractivity contribution is 5.95. The van der Waals surface area contributed by atoms with Crippen LogP contribution in [0.1, 0.15) is 31.2 Å². The molecular weight excluding hydrogens is 292 g/mol. The molecule has 2 aliphatic rings. The Morgan fingerprint density at radius 3 is 2.83 bits per heavy atom. The number of likely N-dealkylation sites (tertiary alicyclic amines) is 1. The lowest BCUT2D eigenvalue weighted by atomic mass is 10.1. The molecule has 1 aromatic rings. The second-order valence-electron chi connectivity index (χ2n) is 6.26. The van der Waals surface area contributed by atoms with Crippen molar-refractivity contribution in [1.82, 2.24) is 10.2 Å². The monoisotopic (exact) mass is 316 g/mol. The van der Waals surface area contributed by atoms with Crippen LogP contribution in [0.25, 0.3) is 0 Å². The molecule has 4 N–H and O–H groups in total. The summed E-state index contributed by atoms with van der Waals surface area (Å²) < 4.78 is 5.95. The van der Waals surface area contributed by atoms with Gasteiger partial charge in [0.25, 0.3) is 0 Å². The third-order valence-corrected chi connectivity index (χ3v) is 4.50. The summed E-state index contributed by atoms with van der Waals surface area (Å²) in [5.74, 6) is 0.919. The molecule has 0 radical (unpaired) electrons. The van der Waals surface area contributed by atoms with Crippen LogP contribution < -0.4 is 15.8 Å². The van der Waals surface area contributed by atoms with Gasteiger partial charge in [0, 0.05) is 31.6 Å². The minimum absolute atomic E-state index is 0.0261. The molecule has 2 aliphatic heterocycles. The number of rotatable bonds is 4. The molecule has 2 heterocycles. The summed E-state index contributed by atoms with van der Waals surface area (Å²) in [4.78, 5) is 14.5. The molecule has 2 saturated heterocycles. The van der Waals surface area contributed by atoms with E-state index in [-0.39, 0.29) is 23.9 Å². The van der Waals surface area contributed by atoms with Gasteiger partial charge < -0.3 is 20.7 Å². The number of hydrogen-bond acceptors (Lipinski definition) is 4. The van der Waals surface area contributed by atoms with Crippen LogP contribution in [0, 0.1) is 5.41 Å².